The first-order chi connectivity index (χ1) is 12.5. The van der Waals surface area contributed by atoms with Crippen LogP contribution in [0.3, 0.4) is 0 Å². The molecule has 3 aromatic rings. The van der Waals surface area contributed by atoms with E-state index in [1.807, 2.05) is 36.9 Å². The van der Waals surface area contributed by atoms with Crippen molar-refractivity contribution in [3.63, 3.8) is 0 Å². The number of piperazine rings is 1. The molecule has 0 radical (unpaired) electrons. The molecule has 0 saturated carbocycles. The van der Waals surface area contributed by atoms with Gasteiger partial charge in [-0.2, -0.15) is 4.31 Å². The van der Waals surface area contributed by atoms with Crippen molar-refractivity contribution in [2.24, 2.45) is 7.05 Å². The van der Waals surface area contributed by atoms with Crippen LogP contribution in [0.25, 0.3) is 10.9 Å². The van der Waals surface area contributed by atoms with Gasteiger partial charge in [-0.3, -0.25) is 4.98 Å². The van der Waals surface area contributed by atoms with E-state index in [-0.39, 0.29) is 23.3 Å². The monoisotopic (exact) mass is 407 g/mol. The van der Waals surface area contributed by atoms with E-state index >= 15 is 0 Å². The molecule has 1 unspecified atom stereocenters. The van der Waals surface area contributed by atoms with Crippen LogP contribution in [0.2, 0.25) is 0 Å². The number of nitrogens with zero attached hydrogens (tertiary/aromatic N) is 4. The lowest BCUT2D eigenvalue weighted by atomic mass is 10.2. The summed E-state index contributed by atoms with van der Waals surface area (Å²) in [6.07, 6.45) is 5.23. The highest BCUT2D eigenvalue weighted by atomic mass is 35.5. The van der Waals surface area contributed by atoms with Crippen molar-refractivity contribution in [1.29, 1.82) is 0 Å². The second-order valence-electron chi connectivity index (χ2n) is 6.57. The Morgan fingerprint density at radius 1 is 1.26 bits per heavy atom. The zero-order valence-electron chi connectivity index (χ0n) is 15.2. The number of rotatable bonds is 3. The summed E-state index contributed by atoms with van der Waals surface area (Å²) in [7, 11) is -1.84. The highest BCUT2D eigenvalue weighted by Crippen LogP contribution is 2.31. The Labute approximate surface area is 164 Å². The molecule has 1 saturated heterocycles. The SMILES string of the molecule is Cc1cnc2c(S(=O)(=O)N3CCNCC3c3nccn3C)cccc2c1.Cl. The quantitative estimate of drug-likeness (QED) is 0.718. The number of aryl methyl sites for hydroxylation is 2. The van der Waals surface area contributed by atoms with E-state index in [9.17, 15) is 8.42 Å². The number of hydrogen-bond donors (Lipinski definition) is 1. The van der Waals surface area contributed by atoms with E-state index in [1.165, 1.54) is 0 Å². The van der Waals surface area contributed by atoms with Crippen LogP contribution in [0.1, 0.15) is 17.4 Å². The fourth-order valence-electron chi connectivity index (χ4n) is 3.47. The van der Waals surface area contributed by atoms with Gasteiger partial charge in [0.05, 0.1) is 11.6 Å². The molecule has 9 heteroatoms. The van der Waals surface area contributed by atoms with Gasteiger partial charge in [0.25, 0.3) is 0 Å². The lowest BCUT2D eigenvalue weighted by Crippen LogP contribution is -2.49. The molecular formula is C18H22ClN5O2S. The summed E-state index contributed by atoms with van der Waals surface area (Å²) in [6, 6.07) is 6.90. The molecule has 4 rings (SSSR count). The number of halogens is 1. The number of pyridine rings is 1. The van der Waals surface area contributed by atoms with Crippen LogP contribution in [0.5, 0.6) is 0 Å². The van der Waals surface area contributed by atoms with E-state index in [0.717, 1.165) is 16.8 Å². The van der Waals surface area contributed by atoms with Gasteiger partial charge in [-0.1, -0.05) is 12.1 Å². The molecule has 0 spiro atoms. The van der Waals surface area contributed by atoms with Gasteiger partial charge in [0.1, 0.15) is 10.7 Å². The number of aromatic nitrogens is 3. The zero-order chi connectivity index (χ0) is 18.3. The van der Waals surface area contributed by atoms with Crippen molar-refractivity contribution in [3.05, 3.63) is 54.2 Å². The first-order valence-electron chi connectivity index (χ1n) is 8.53. The molecule has 2 aromatic heterocycles. The maximum atomic E-state index is 13.5. The first kappa shape index (κ1) is 19.8. The Morgan fingerprint density at radius 2 is 2.07 bits per heavy atom. The van der Waals surface area contributed by atoms with E-state index in [0.29, 0.717) is 25.2 Å². The highest BCUT2D eigenvalue weighted by Gasteiger charge is 2.37. The standard InChI is InChI=1S/C18H21N5O2S.ClH/c1-13-10-14-4-3-5-16(17(14)21-11-13)26(24,25)23-9-6-19-12-15(23)18-20-7-8-22(18)2;/h3-5,7-8,10-11,15,19H,6,9,12H2,1-2H3;1H. The van der Waals surface area contributed by atoms with Gasteiger partial charge >= 0.3 is 0 Å². The first-order valence-corrected chi connectivity index (χ1v) is 9.97. The Hall–Kier alpha value is -2.00. The predicted molar refractivity (Wildman–Crippen MR) is 106 cm³/mol. The Bertz CT molecular complexity index is 1070. The van der Waals surface area contributed by atoms with Crippen LogP contribution in [0, 0.1) is 6.92 Å². The molecule has 1 N–H and O–H groups in total. The molecule has 1 aliphatic rings. The molecule has 1 aliphatic heterocycles. The molecule has 0 bridgehead atoms. The van der Waals surface area contributed by atoms with Crippen LogP contribution in [-0.2, 0) is 17.1 Å². The third-order valence-electron chi connectivity index (χ3n) is 4.75. The molecule has 27 heavy (non-hydrogen) atoms. The number of fused-ring (bicyclic) bond motifs is 1. The van der Waals surface area contributed by atoms with Crippen molar-refractivity contribution in [2.75, 3.05) is 19.6 Å². The van der Waals surface area contributed by atoms with E-state index < -0.39 is 10.0 Å². The third-order valence-corrected chi connectivity index (χ3v) is 6.69. The second-order valence-corrected chi connectivity index (χ2v) is 8.43. The molecular weight excluding hydrogens is 386 g/mol. The summed E-state index contributed by atoms with van der Waals surface area (Å²) >= 11 is 0. The summed E-state index contributed by atoms with van der Waals surface area (Å²) in [5.41, 5.74) is 1.51. The van der Waals surface area contributed by atoms with Crippen LogP contribution in [0.4, 0.5) is 0 Å². The van der Waals surface area contributed by atoms with Crippen molar-refractivity contribution < 1.29 is 8.42 Å². The normalized spacial score (nSPS) is 18.4. The number of nitrogens with one attached hydrogen (secondary N) is 1. The minimum absolute atomic E-state index is 0. The Kier molecular flexibility index (Phi) is 5.53. The van der Waals surface area contributed by atoms with Crippen LogP contribution >= 0.6 is 12.4 Å². The summed E-state index contributed by atoms with van der Waals surface area (Å²) in [4.78, 5) is 9.02. The number of para-hydroxylation sites is 1. The lowest BCUT2D eigenvalue weighted by Gasteiger charge is -2.34. The van der Waals surface area contributed by atoms with Crippen LogP contribution < -0.4 is 5.32 Å². The van der Waals surface area contributed by atoms with E-state index in [4.69, 9.17) is 0 Å². The number of hydrogen-bond acceptors (Lipinski definition) is 5. The lowest BCUT2D eigenvalue weighted by molar-refractivity contribution is 0.258. The summed E-state index contributed by atoms with van der Waals surface area (Å²) in [6.45, 7) is 3.47. The second kappa shape index (κ2) is 7.55. The van der Waals surface area contributed by atoms with E-state index in [2.05, 4.69) is 15.3 Å². The molecule has 1 aromatic carbocycles. The van der Waals surface area contributed by atoms with Gasteiger partial charge in [-0.15, -0.1) is 12.4 Å². The van der Waals surface area contributed by atoms with E-state index in [1.54, 1.807) is 28.8 Å². The molecule has 0 aliphatic carbocycles. The molecule has 7 nitrogen and oxygen atoms in total. The fraction of sp³-hybridized carbons (Fsp3) is 0.333. The predicted octanol–water partition coefficient (Wildman–Crippen LogP) is 2.03. The van der Waals surface area contributed by atoms with Gasteiger partial charge in [0.2, 0.25) is 10.0 Å². The number of imidazole rings is 1. The fourth-order valence-corrected chi connectivity index (χ4v) is 5.22. The maximum Gasteiger partial charge on any atom is 0.246 e. The summed E-state index contributed by atoms with van der Waals surface area (Å²) < 4.78 is 30.5. The maximum absolute atomic E-state index is 13.5. The van der Waals surface area contributed by atoms with Gasteiger partial charge in [0, 0.05) is 50.7 Å². The average Bonchev–Trinajstić information content (AvgIpc) is 3.06. The van der Waals surface area contributed by atoms with Crippen molar-refractivity contribution in [2.45, 2.75) is 17.9 Å². The van der Waals surface area contributed by atoms with Crippen LogP contribution in [-0.4, -0.2) is 46.9 Å². The van der Waals surface area contributed by atoms with Gasteiger partial charge < -0.3 is 9.88 Å². The van der Waals surface area contributed by atoms with Crippen molar-refractivity contribution in [3.8, 4) is 0 Å². The van der Waals surface area contributed by atoms with Gasteiger partial charge in [-0.25, -0.2) is 13.4 Å². The molecule has 144 valence electrons. The molecule has 0 amide bonds. The largest absolute Gasteiger partial charge is 0.337 e. The Balaban J connectivity index is 0.00000210. The summed E-state index contributed by atoms with van der Waals surface area (Å²) in [5, 5.41) is 4.10. The third kappa shape index (κ3) is 3.45. The zero-order valence-corrected chi connectivity index (χ0v) is 16.8. The molecule has 1 fully saturated rings. The molecule has 3 heterocycles. The summed E-state index contributed by atoms with van der Waals surface area (Å²) in [5.74, 6) is 0.727. The topological polar surface area (TPSA) is 80.1 Å². The molecule has 1 atom stereocenters. The average molecular weight is 408 g/mol. The number of benzene rings is 1. The minimum atomic E-state index is -3.72. The highest BCUT2D eigenvalue weighted by molar-refractivity contribution is 7.89. The van der Waals surface area contributed by atoms with Gasteiger partial charge in [0.15, 0.2) is 0 Å². The van der Waals surface area contributed by atoms with Crippen LogP contribution in [0.15, 0.2) is 47.8 Å². The minimum Gasteiger partial charge on any atom is -0.337 e. The van der Waals surface area contributed by atoms with Crippen molar-refractivity contribution in [1.82, 2.24) is 24.2 Å². The smallest absolute Gasteiger partial charge is 0.246 e. The number of sulfonamides is 1. The van der Waals surface area contributed by atoms with Crippen molar-refractivity contribution >= 4 is 33.3 Å². The Morgan fingerprint density at radius 3 is 2.81 bits per heavy atom. The van der Waals surface area contributed by atoms with Gasteiger partial charge in [-0.05, 0) is 24.6 Å².